The Balaban J connectivity index is 0.000000135. The predicted octanol–water partition coefficient (Wildman–Crippen LogP) is 7.70. The smallest absolute Gasteiger partial charge is 0.227 e. The van der Waals surface area contributed by atoms with E-state index in [4.69, 9.17) is 46.0 Å². The van der Waals surface area contributed by atoms with Crippen LogP contribution in [0, 0.1) is 6.92 Å². The van der Waals surface area contributed by atoms with Crippen LogP contribution >= 0.6 is 34.3 Å². The molecule has 0 unspecified atom stereocenters. The number of anilines is 6. The van der Waals surface area contributed by atoms with E-state index in [1.165, 1.54) is 16.2 Å². The second kappa shape index (κ2) is 19.3. The van der Waals surface area contributed by atoms with E-state index in [0.29, 0.717) is 35.0 Å². The number of H-pyrrole nitrogens is 1. The van der Waals surface area contributed by atoms with Gasteiger partial charge in [0.25, 0.3) is 0 Å². The number of piperidine rings is 3. The van der Waals surface area contributed by atoms with Gasteiger partial charge in [-0.25, -0.2) is 19.9 Å². The van der Waals surface area contributed by atoms with Crippen molar-refractivity contribution in [2.24, 2.45) is 17.2 Å². The van der Waals surface area contributed by atoms with Gasteiger partial charge in [0, 0.05) is 100 Å². The number of hydrogen-bond donors (Lipinski definition) is 7. The van der Waals surface area contributed by atoms with Crippen molar-refractivity contribution >= 4 is 80.3 Å². The molecule has 3 fully saturated rings. The number of benzene rings is 1. The first-order valence-electron chi connectivity index (χ1n) is 22.3. The minimum absolute atomic E-state index is 0.0729. The Kier molecular flexibility index (Phi) is 13.7. The van der Waals surface area contributed by atoms with Crippen LogP contribution in [0.4, 0.5) is 35.2 Å². The zero-order chi connectivity index (χ0) is 46.8. The molecule has 0 atom stereocenters. The van der Waals surface area contributed by atoms with Crippen molar-refractivity contribution in [2.75, 3.05) is 71.2 Å². The summed E-state index contributed by atoms with van der Waals surface area (Å²) in [6.45, 7) is 13.6. The van der Waals surface area contributed by atoms with Gasteiger partial charge in [-0.15, -0.1) is 22.7 Å². The molecule has 3 saturated heterocycles. The van der Waals surface area contributed by atoms with Gasteiger partial charge in [-0.3, -0.25) is 0 Å². The van der Waals surface area contributed by atoms with Crippen LogP contribution in [-0.2, 0) is 0 Å². The summed E-state index contributed by atoms with van der Waals surface area (Å²) in [5.74, 6) is 3.69. The zero-order valence-electron chi connectivity index (χ0n) is 38.1. The number of aromatic amines is 1. The fraction of sp³-hybridized carbons (Fsp3) is 0.404. The Morgan fingerprint density at radius 1 is 0.576 bits per heavy atom. The molecule has 66 heavy (non-hydrogen) atoms. The van der Waals surface area contributed by atoms with E-state index in [9.17, 15) is 0 Å². The lowest BCUT2D eigenvalue weighted by atomic mass is 9.91. The molecule has 3 aliphatic rings. The number of halogens is 1. The Labute approximate surface area is 399 Å². The number of hydrogen-bond acceptors (Lipinski definition) is 17. The Morgan fingerprint density at radius 3 is 1.56 bits per heavy atom. The molecule has 16 nitrogen and oxygen atoms in total. The van der Waals surface area contributed by atoms with Crippen LogP contribution in [0.3, 0.4) is 0 Å². The first-order chi connectivity index (χ1) is 31.4. The summed E-state index contributed by atoms with van der Waals surface area (Å²) in [6.07, 6.45) is 13.0. The third-order valence-electron chi connectivity index (χ3n) is 12.7. The molecule has 0 amide bonds. The van der Waals surface area contributed by atoms with E-state index < -0.39 is 0 Å². The second-order valence-electron chi connectivity index (χ2n) is 18.6. The van der Waals surface area contributed by atoms with Crippen molar-refractivity contribution < 1.29 is 0 Å². The highest BCUT2D eigenvalue weighted by Crippen LogP contribution is 2.36. The van der Waals surface area contributed by atoms with Gasteiger partial charge in [-0.05, 0) is 96.6 Å². The van der Waals surface area contributed by atoms with Crippen LogP contribution in [0.15, 0.2) is 73.3 Å². The third kappa shape index (κ3) is 11.1. The molecule has 0 aliphatic carbocycles. The van der Waals surface area contributed by atoms with E-state index in [-0.39, 0.29) is 16.6 Å². The summed E-state index contributed by atoms with van der Waals surface area (Å²) in [7, 11) is 0. The van der Waals surface area contributed by atoms with Gasteiger partial charge in [0.15, 0.2) is 5.82 Å². The number of aromatic nitrogens is 7. The monoisotopic (exact) mass is 948 g/mol. The maximum absolute atomic E-state index is 6.23. The zero-order valence-corrected chi connectivity index (χ0v) is 40.5. The maximum Gasteiger partial charge on any atom is 0.227 e. The van der Waals surface area contributed by atoms with Crippen molar-refractivity contribution in [3.8, 4) is 32.1 Å². The van der Waals surface area contributed by atoms with Crippen LogP contribution in [0.2, 0.25) is 4.34 Å². The van der Waals surface area contributed by atoms with Gasteiger partial charge < -0.3 is 54.1 Å². The molecule has 6 aromatic heterocycles. The van der Waals surface area contributed by atoms with Gasteiger partial charge >= 0.3 is 0 Å². The number of thiophene rings is 2. The molecular formula is C47H61ClN16S2. The molecule has 10 rings (SSSR count). The molecule has 0 radical (unpaired) electrons. The van der Waals surface area contributed by atoms with Gasteiger partial charge in [0.05, 0.1) is 27.2 Å². The topological polar surface area (TPSA) is 259 Å². The summed E-state index contributed by atoms with van der Waals surface area (Å²) in [6, 6.07) is 16.0. The highest BCUT2D eigenvalue weighted by atomic mass is 35.5. The molecule has 9 heterocycles. The number of nitrogens with one attached hydrogen (secondary N) is 1. The number of para-hydroxylation sites is 1. The highest BCUT2D eigenvalue weighted by molar-refractivity contribution is 7.19. The van der Waals surface area contributed by atoms with Gasteiger partial charge in [0.1, 0.15) is 23.1 Å². The SMILES string of the molecule is CC1(N)CCN(c2cnc(-c3cccc4cc[nH]c34)c(N)n2)CC1.CC1(N)CCN(c2ncc(-c3ccc(Cl)s3)c(N)n2)CC1.Cc1ccc(-c2cnc(N3CCC(C)(N)CC3)nc2N)s1. The van der Waals surface area contributed by atoms with E-state index in [0.717, 1.165) is 125 Å². The minimum Gasteiger partial charge on any atom is -0.383 e. The Bertz CT molecular complexity index is 2640. The molecule has 0 spiro atoms. The Morgan fingerprint density at radius 2 is 1.09 bits per heavy atom. The number of aryl methyl sites for hydroxylation is 1. The summed E-state index contributed by atoms with van der Waals surface area (Å²) >= 11 is 9.14. The standard InChI is InChI=1S/C18H22N6.C15H21N5S.C14H18ClN5S/c1-18(20)6-9-24(10-7-18)14-11-22-16(17(19)23-14)13-4-2-3-12-5-8-21-15(12)13;1-10-3-4-12(21-10)11-9-18-14(19-13(11)16)20-7-5-15(2,17)6-8-20;1-14(17)4-6-20(7-5-14)13-18-8-9(12(16)19-13)10-2-3-11(15)21-10/h2-5,8,11,21H,6-7,9-10,20H2,1H3,(H2,19,23);3-4,9H,5-8,17H2,1-2H3,(H2,16,18,19);2-3,8H,4-7,17H2,1H3,(H2,16,18,19). The van der Waals surface area contributed by atoms with Crippen molar-refractivity contribution in [1.82, 2.24) is 34.9 Å². The first kappa shape index (κ1) is 46.9. The van der Waals surface area contributed by atoms with Crippen LogP contribution < -0.4 is 49.1 Å². The molecule has 0 bridgehead atoms. The largest absolute Gasteiger partial charge is 0.383 e. The first-order valence-corrected chi connectivity index (χ1v) is 24.3. The second-order valence-corrected chi connectivity index (χ2v) is 21.6. The maximum atomic E-state index is 6.23. The summed E-state index contributed by atoms with van der Waals surface area (Å²) in [5, 5.41) is 1.14. The van der Waals surface area contributed by atoms with Gasteiger partial charge in [0.2, 0.25) is 11.9 Å². The number of fused-ring (bicyclic) bond motifs is 1. The van der Waals surface area contributed by atoms with Gasteiger partial charge in [-0.2, -0.15) is 9.97 Å². The highest BCUT2D eigenvalue weighted by Gasteiger charge is 2.30. The van der Waals surface area contributed by atoms with E-state index >= 15 is 0 Å². The Hall–Kier alpha value is -5.63. The van der Waals surface area contributed by atoms with Crippen LogP contribution in [0.25, 0.3) is 43.0 Å². The van der Waals surface area contributed by atoms with Crippen molar-refractivity contribution in [3.63, 3.8) is 0 Å². The predicted molar refractivity (Wildman–Crippen MR) is 275 cm³/mol. The number of nitrogens with two attached hydrogens (primary N) is 6. The number of rotatable bonds is 6. The van der Waals surface area contributed by atoms with Crippen molar-refractivity contribution in [1.29, 1.82) is 0 Å². The lowest BCUT2D eigenvalue weighted by Gasteiger charge is -2.37. The lowest BCUT2D eigenvalue weighted by molar-refractivity contribution is 0.361. The number of nitrogens with zero attached hydrogens (tertiary/aromatic N) is 9. The molecule has 0 saturated carbocycles. The van der Waals surface area contributed by atoms with Crippen LogP contribution in [0.1, 0.15) is 64.2 Å². The fourth-order valence-electron chi connectivity index (χ4n) is 8.21. The summed E-state index contributed by atoms with van der Waals surface area (Å²) in [4.78, 5) is 40.2. The molecule has 3 aliphatic heterocycles. The molecule has 348 valence electrons. The van der Waals surface area contributed by atoms with Crippen molar-refractivity contribution in [3.05, 3.63) is 82.5 Å². The fourth-order valence-corrected chi connectivity index (χ4v) is 10.2. The average Bonchev–Trinajstić information content (AvgIpc) is 4.06. The molecule has 1 aromatic carbocycles. The van der Waals surface area contributed by atoms with Crippen LogP contribution in [-0.4, -0.2) is 90.8 Å². The van der Waals surface area contributed by atoms with E-state index in [1.807, 2.05) is 48.9 Å². The van der Waals surface area contributed by atoms with E-state index in [1.54, 1.807) is 17.5 Å². The minimum atomic E-state index is -0.0876. The lowest BCUT2D eigenvalue weighted by Crippen LogP contribution is -2.48. The average molecular weight is 950 g/mol. The van der Waals surface area contributed by atoms with Gasteiger partial charge in [-0.1, -0.05) is 29.8 Å². The number of nitrogen functional groups attached to an aromatic ring is 3. The summed E-state index contributed by atoms with van der Waals surface area (Å²) in [5.41, 5.74) is 41.2. The third-order valence-corrected chi connectivity index (χ3v) is 15.0. The molecular weight excluding hydrogens is 888 g/mol. The normalized spacial score (nSPS) is 17.7. The summed E-state index contributed by atoms with van der Waals surface area (Å²) < 4.78 is 0.728. The van der Waals surface area contributed by atoms with E-state index in [2.05, 4.69) is 95.5 Å². The quantitative estimate of drug-likeness (QED) is 0.0843. The van der Waals surface area contributed by atoms with Crippen molar-refractivity contribution in [2.45, 2.75) is 82.8 Å². The van der Waals surface area contributed by atoms with Crippen LogP contribution in [0.5, 0.6) is 0 Å². The molecule has 13 N–H and O–H groups in total. The molecule has 19 heteroatoms. The molecule has 7 aromatic rings.